The van der Waals surface area contributed by atoms with Crippen molar-refractivity contribution in [3.8, 4) is 0 Å². The lowest BCUT2D eigenvalue weighted by molar-refractivity contribution is -0.156. The number of para-hydroxylation sites is 1. The molecule has 1 unspecified atom stereocenters. The van der Waals surface area contributed by atoms with Crippen molar-refractivity contribution < 1.29 is 15.0 Å². The average Bonchev–Trinajstić information content (AvgIpc) is 2.56. The maximum absolute atomic E-state index is 10.9. The molecule has 1 heterocycles. The Morgan fingerprint density at radius 3 is 2.71 bits per heavy atom. The number of carboxylic acid groups (broad SMARTS) is 1. The van der Waals surface area contributed by atoms with Gasteiger partial charge in [0.05, 0.1) is 0 Å². The van der Waals surface area contributed by atoms with Crippen LogP contribution in [0.3, 0.4) is 0 Å². The maximum Gasteiger partial charge on any atom is 0.335 e. The van der Waals surface area contributed by atoms with Gasteiger partial charge in [-0.1, -0.05) is 18.2 Å². The second kappa shape index (κ2) is 3.89. The van der Waals surface area contributed by atoms with Crippen molar-refractivity contribution in [2.24, 2.45) is 7.05 Å². The predicted molar refractivity (Wildman–Crippen MR) is 64.9 cm³/mol. The van der Waals surface area contributed by atoms with Crippen LogP contribution in [0.5, 0.6) is 0 Å². The third kappa shape index (κ3) is 2.03. The molecule has 0 radical (unpaired) electrons. The highest BCUT2D eigenvalue weighted by Crippen LogP contribution is 2.24. The van der Waals surface area contributed by atoms with Gasteiger partial charge in [-0.25, -0.2) is 4.79 Å². The highest BCUT2D eigenvalue weighted by Gasteiger charge is 2.31. The number of aliphatic carboxylic acids is 1. The van der Waals surface area contributed by atoms with Gasteiger partial charge < -0.3 is 14.8 Å². The third-order valence-corrected chi connectivity index (χ3v) is 2.97. The number of aryl methyl sites for hydroxylation is 1. The van der Waals surface area contributed by atoms with Gasteiger partial charge in [-0.2, -0.15) is 0 Å². The fourth-order valence-corrected chi connectivity index (χ4v) is 2.01. The van der Waals surface area contributed by atoms with Gasteiger partial charge in [-0.15, -0.1) is 0 Å². The molecular formula is C13H15NO3. The summed E-state index contributed by atoms with van der Waals surface area (Å²) in [5.41, 5.74) is 0.142. The summed E-state index contributed by atoms with van der Waals surface area (Å²) in [7, 11) is 1.90. The van der Waals surface area contributed by atoms with Gasteiger partial charge in [0, 0.05) is 30.6 Å². The van der Waals surface area contributed by atoms with Gasteiger partial charge in [-0.05, 0) is 18.6 Å². The van der Waals surface area contributed by atoms with Crippen molar-refractivity contribution in [3.05, 3.63) is 36.0 Å². The normalized spacial score (nSPS) is 14.8. The van der Waals surface area contributed by atoms with Gasteiger partial charge in [-0.3, -0.25) is 0 Å². The predicted octanol–water partition coefficient (Wildman–Crippen LogP) is 1.56. The molecule has 4 nitrogen and oxygen atoms in total. The van der Waals surface area contributed by atoms with Crippen molar-refractivity contribution in [2.45, 2.75) is 18.9 Å². The molecule has 1 atom stereocenters. The van der Waals surface area contributed by atoms with Crippen LogP contribution in [-0.2, 0) is 18.3 Å². The molecule has 90 valence electrons. The molecule has 0 amide bonds. The summed E-state index contributed by atoms with van der Waals surface area (Å²) in [6.07, 6.45) is 1.96. The Balaban J connectivity index is 2.47. The molecule has 0 fully saturated rings. The summed E-state index contributed by atoms with van der Waals surface area (Å²) >= 11 is 0. The van der Waals surface area contributed by atoms with E-state index in [2.05, 4.69) is 0 Å². The number of hydrogen-bond donors (Lipinski definition) is 2. The Morgan fingerprint density at radius 2 is 2.06 bits per heavy atom. The summed E-state index contributed by atoms with van der Waals surface area (Å²) in [5, 5.41) is 19.7. The van der Waals surface area contributed by atoms with Crippen molar-refractivity contribution in [1.29, 1.82) is 0 Å². The highest BCUT2D eigenvalue weighted by molar-refractivity contribution is 5.85. The number of benzene rings is 1. The first-order chi connectivity index (χ1) is 7.92. The molecule has 0 aliphatic rings. The first-order valence-electron chi connectivity index (χ1n) is 5.40. The Hall–Kier alpha value is -1.81. The van der Waals surface area contributed by atoms with Gasteiger partial charge in [0.2, 0.25) is 0 Å². The highest BCUT2D eigenvalue weighted by atomic mass is 16.4. The molecule has 2 N–H and O–H groups in total. The van der Waals surface area contributed by atoms with Crippen LogP contribution in [0.25, 0.3) is 10.9 Å². The van der Waals surface area contributed by atoms with Crippen LogP contribution in [0, 0.1) is 0 Å². The summed E-state index contributed by atoms with van der Waals surface area (Å²) in [5.74, 6) is -1.20. The number of carboxylic acids is 1. The smallest absolute Gasteiger partial charge is 0.335 e. The molecule has 0 saturated heterocycles. The Labute approximate surface area is 99.1 Å². The van der Waals surface area contributed by atoms with E-state index in [1.165, 1.54) is 6.92 Å². The van der Waals surface area contributed by atoms with E-state index < -0.39 is 11.6 Å². The SMILES string of the molecule is Cn1cc(CC(C)(O)C(=O)O)c2ccccc21. The van der Waals surface area contributed by atoms with E-state index >= 15 is 0 Å². The minimum atomic E-state index is -1.73. The van der Waals surface area contributed by atoms with Gasteiger partial charge in [0.15, 0.2) is 5.60 Å². The van der Waals surface area contributed by atoms with Crippen molar-refractivity contribution >= 4 is 16.9 Å². The number of aromatic nitrogens is 1. The monoisotopic (exact) mass is 233 g/mol. The number of carbonyl (C=O) groups is 1. The topological polar surface area (TPSA) is 62.5 Å². The van der Waals surface area contributed by atoms with E-state index in [4.69, 9.17) is 5.11 Å². The summed E-state index contributed by atoms with van der Waals surface area (Å²) in [4.78, 5) is 10.9. The Morgan fingerprint density at radius 1 is 1.41 bits per heavy atom. The molecule has 0 saturated carbocycles. The van der Waals surface area contributed by atoms with Crippen molar-refractivity contribution in [1.82, 2.24) is 4.57 Å². The van der Waals surface area contributed by atoms with Crippen LogP contribution in [0.1, 0.15) is 12.5 Å². The Bertz CT molecular complexity index is 569. The summed E-state index contributed by atoms with van der Waals surface area (Å²) < 4.78 is 1.93. The summed E-state index contributed by atoms with van der Waals surface area (Å²) in [6.45, 7) is 1.32. The number of nitrogens with zero attached hydrogens (tertiary/aromatic N) is 1. The molecule has 2 rings (SSSR count). The van der Waals surface area contributed by atoms with Crippen LogP contribution in [0.2, 0.25) is 0 Å². The number of rotatable bonds is 3. The molecule has 1 aromatic heterocycles. The van der Waals surface area contributed by atoms with E-state index in [9.17, 15) is 9.90 Å². The van der Waals surface area contributed by atoms with Crippen LogP contribution in [-0.4, -0.2) is 26.4 Å². The first-order valence-corrected chi connectivity index (χ1v) is 5.40. The molecule has 0 bridgehead atoms. The quantitative estimate of drug-likeness (QED) is 0.845. The molecular weight excluding hydrogens is 218 g/mol. The lowest BCUT2D eigenvalue weighted by Gasteiger charge is -2.16. The van der Waals surface area contributed by atoms with E-state index in [1.54, 1.807) is 0 Å². The number of fused-ring (bicyclic) bond motifs is 1. The second-order valence-electron chi connectivity index (χ2n) is 4.54. The average molecular weight is 233 g/mol. The first kappa shape index (κ1) is 11.7. The second-order valence-corrected chi connectivity index (χ2v) is 4.54. The zero-order valence-electron chi connectivity index (χ0n) is 9.84. The van der Waals surface area contributed by atoms with Crippen LogP contribution < -0.4 is 0 Å². The standard InChI is InChI=1S/C13H15NO3/c1-13(17,12(15)16)7-9-8-14(2)11-6-4-3-5-10(9)11/h3-6,8,17H,7H2,1-2H3,(H,15,16). The molecule has 0 aliphatic carbocycles. The van der Waals surface area contributed by atoms with Gasteiger partial charge in [0.1, 0.15) is 0 Å². The molecule has 0 spiro atoms. The molecule has 0 aliphatic heterocycles. The van der Waals surface area contributed by atoms with E-state index in [0.29, 0.717) is 0 Å². The largest absolute Gasteiger partial charge is 0.479 e. The van der Waals surface area contributed by atoms with Crippen molar-refractivity contribution in [2.75, 3.05) is 0 Å². The van der Waals surface area contributed by atoms with Crippen molar-refractivity contribution in [3.63, 3.8) is 0 Å². The maximum atomic E-state index is 10.9. The van der Waals surface area contributed by atoms with Gasteiger partial charge >= 0.3 is 5.97 Å². The number of aliphatic hydroxyl groups is 1. The fraction of sp³-hybridized carbons (Fsp3) is 0.308. The van der Waals surface area contributed by atoms with E-state index in [1.807, 2.05) is 42.1 Å². The molecule has 17 heavy (non-hydrogen) atoms. The fourth-order valence-electron chi connectivity index (χ4n) is 2.01. The van der Waals surface area contributed by atoms with E-state index in [0.717, 1.165) is 16.5 Å². The lowest BCUT2D eigenvalue weighted by atomic mass is 9.96. The zero-order valence-corrected chi connectivity index (χ0v) is 9.84. The number of hydrogen-bond acceptors (Lipinski definition) is 2. The van der Waals surface area contributed by atoms with Crippen LogP contribution in [0.15, 0.2) is 30.5 Å². The van der Waals surface area contributed by atoms with Crippen LogP contribution >= 0.6 is 0 Å². The van der Waals surface area contributed by atoms with Crippen LogP contribution in [0.4, 0.5) is 0 Å². The molecule has 2 aromatic rings. The van der Waals surface area contributed by atoms with Gasteiger partial charge in [0.25, 0.3) is 0 Å². The minimum Gasteiger partial charge on any atom is -0.479 e. The summed E-state index contributed by atoms with van der Waals surface area (Å²) in [6, 6.07) is 7.74. The third-order valence-electron chi connectivity index (χ3n) is 2.97. The zero-order chi connectivity index (χ0) is 12.6. The minimum absolute atomic E-state index is 0.101. The van der Waals surface area contributed by atoms with E-state index in [-0.39, 0.29) is 6.42 Å². The molecule has 1 aromatic carbocycles. The Kier molecular flexibility index (Phi) is 2.67. The lowest BCUT2D eigenvalue weighted by Crippen LogP contribution is -2.37. The molecule has 4 heteroatoms.